The molecule has 0 spiro atoms. The monoisotopic (exact) mass is 682 g/mol. The third-order valence-electron chi connectivity index (χ3n) is 11.3. The van der Waals surface area contributed by atoms with Gasteiger partial charge in [-0.3, -0.25) is 4.98 Å². The normalized spacial score (nSPS) is 23.2. The molecule has 4 heterocycles. The molecule has 0 bridgehead atoms. The summed E-state index contributed by atoms with van der Waals surface area (Å²) in [6, 6.07) is 8.67. The van der Waals surface area contributed by atoms with E-state index in [1.807, 2.05) is 13.8 Å². The van der Waals surface area contributed by atoms with Crippen LogP contribution in [-0.4, -0.2) is 53.3 Å². The molecule has 8 nitrogen and oxygen atoms in total. The number of aromatic nitrogens is 2. The number of fused-ring (bicyclic) bond motifs is 3. The summed E-state index contributed by atoms with van der Waals surface area (Å²) in [5, 5.41) is 0. The number of carbonyl (C=O) groups is 1. The van der Waals surface area contributed by atoms with Crippen molar-refractivity contribution in [3.8, 4) is 11.5 Å². The summed E-state index contributed by atoms with van der Waals surface area (Å²) in [7, 11) is 0. The number of esters is 1. The molecule has 3 aliphatic rings. The highest BCUT2D eigenvalue weighted by Crippen LogP contribution is 2.58. The van der Waals surface area contributed by atoms with Crippen LogP contribution in [0.25, 0.3) is 0 Å². The molecule has 8 heteroatoms. The highest BCUT2D eigenvalue weighted by atomic mass is 16.6. The molecule has 0 radical (unpaired) electrons. The molecule has 2 atom stereocenters. The third-order valence-corrected chi connectivity index (χ3v) is 11.3. The van der Waals surface area contributed by atoms with E-state index in [9.17, 15) is 4.79 Å². The number of anilines is 2. The molecule has 0 saturated heterocycles. The second-order valence-electron chi connectivity index (χ2n) is 15.8. The van der Waals surface area contributed by atoms with E-state index in [-0.39, 0.29) is 28.6 Å². The fourth-order valence-corrected chi connectivity index (χ4v) is 9.30. The second kappa shape index (κ2) is 13.7. The molecule has 3 aromatic rings. The zero-order valence-electron chi connectivity index (χ0n) is 32.1. The minimum absolute atomic E-state index is 0.0175. The number of benzene rings is 2. The molecule has 1 aromatic heterocycles. The zero-order valence-corrected chi connectivity index (χ0v) is 32.1. The number of unbranched alkanes of at least 4 members (excludes halogenated alkanes) is 2. The van der Waals surface area contributed by atoms with Gasteiger partial charge in [0, 0.05) is 70.2 Å². The lowest BCUT2D eigenvalue weighted by Gasteiger charge is -2.49. The first-order chi connectivity index (χ1) is 23.9. The summed E-state index contributed by atoms with van der Waals surface area (Å²) in [6.07, 6.45) is 9.60. The molecular weight excluding hydrogens is 624 g/mol. The van der Waals surface area contributed by atoms with Crippen LogP contribution in [0.15, 0.2) is 36.7 Å². The van der Waals surface area contributed by atoms with Crippen molar-refractivity contribution in [3.05, 3.63) is 70.3 Å². The molecular formula is C42H58N4O4. The second-order valence-corrected chi connectivity index (χ2v) is 15.8. The summed E-state index contributed by atoms with van der Waals surface area (Å²) in [6.45, 7) is 25.4. The lowest BCUT2D eigenvalue weighted by molar-refractivity contribution is 0.0224. The maximum absolute atomic E-state index is 14.0. The van der Waals surface area contributed by atoms with Crippen molar-refractivity contribution in [1.82, 2.24) is 9.97 Å². The average molecular weight is 683 g/mol. The van der Waals surface area contributed by atoms with Crippen LogP contribution in [0.1, 0.15) is 158 Å². The molecule has 6 rings (SSSR count). The lowest BCUT2D eigenvalue weighted by Crippen LogP contribution is -2.49. The Morgan fingerprint density at radius 2 is 1.20 bits per heavy atom. The highest BCUT2D eigenvalue weighted by Gasteiger charge is 2.56. The summed E-state index contributed by atoms with van der Waals surface area (Å²) in [4.78, 5) is 28.5. The summed E-state index contributed by atoms with van der Waals surface area (Å²) in [5.74, 6) is 1.45. The van der Waals surface area contributed by atoms with E-state index in [1.54, 1.807) is 12.4 Å². The molecule has 3 aliphatic heterocycles. The Hall–Kier alpha value is -3.81. The first kappa shape index (κ1) is 36.0. The van der Waals surface area contributed by atoms with Crippen molar-refractivity contribution < 1.29 is 19.0 Å². The van der Waals surface area contributed by atoms with Gasteiger partial charge in [0.1, 0.15) is 17.2 Å². The van der Waals surface area contributed by atoms with E-state index in [2.05, 4.69) is 94.4 Å². The maximum Gasteiger partial charge on any atom is 0.360 e. The SMILES string of the molecule is CCCCN1c2ccc(C3(c4ccc5c(c4OCC)C(C)CC(C)(C)N5CCCC)OC(=O)c4nccnc43)c(OCC)c2C(C)CC1(C)C. The topological polar surface area (TPSA) is 77.0 Å². The van der Waals surface area contributed by atoms with Gasteiger partial charge in [0.25, 0.3) is 0 Å². The van der Waals surface area contributed by atoms with Crippen LogP contribution in [-0.2, 0) is 10.3 Å². The van der Waals surface area contributed by atoms with Gasteiger partial charge < -0.3 is 24.0 Å². The van der Waals surface area contributed by atoms with Gasteiger partial charge in [0.2, 0.25) is 5.60 Å². The minimum Gasteiger partial charge on any atom is -0.493 e. The molecule has 270 valence electrons. The predicted molar refractivity (Wildman–Crippen MR) is 201 cm³/mol. The van der Waals surface area contributed by atoms with Gasteiger partial charge in [-0.05, 0) is 103 Å². The summed E-state index contributed by atoms with van der Waals surface area (Å²) >= 11 is 0. The van der Waals surface area contributed by atoms with Crippen molar-refractivity contribution >= 4 is 17.3 Å². The van der Waals surface area contributed by atoms with Crippen LogP contribution < -0.4 is 19.3 Å². The number of hydrogen-bond donors (Lipinski definition) is 0. The Kier molecular flexibility index (Phi) is 9.88. The summed E-state index contributed by atoms with van der Waals surface area (Å²) in [5.41, 5.74) is 5.45. The Bertz CT molecular complexity index is 1640. The number of rotatable bonds is 12. The smallest absolute Gasteiger partial charge is 0.360 e. The largest absolute Gasteiger partial charge is 0.493 e. The Labute approximate surface area is 299 Å². The molecule has 2 aromatic carbocycles. The quantitative estimate of drug-likeness (QED) is 0.175. The molecule has 0 N–H and O–H groups in total. The zero-order chi connectivity index (χ0) is 36.0. The van der Waals surface area contributed by atoms with E-state index in [0.29, 0.717) is 18.9 Å². The molecule has 2 unspecified atom stereocenters. The van der Waals surface area contributed by atoms with Gasteiger partial charge in [-0.1, -0.05) is 40.5 Å². The molecule has 0 saturated carbocycles. The number of cyclic esters (lactones) is 1. The first-order valence-electron chi connectivity index (χ1n) is 19.1. The number of carbonyl (C=O) groups excluding carboxylic acids is 1. The van der Waals surface area contributed by atoms with Crippen molar-refractivity contribution in [1.29, 1.82) is 0 Å². The third kappa shape index (κ3) is 5.71. The molecule has 0 fully saturated rings. The van der Waals surface area contributed by atoms with Crippen LogP contribution >= 0.6 is 0 Å². The standard InChI is InChI=1S/C42H58N4O4/c1-11-15-23-45-31-19-17-29(36(48-13-3)33(31)27(5)25-40(45,7)8)42(38-35(39(47)50-42)43-21-22-44-38)30-18-20-32-34(37(30)49-14-4)28(6)26-41(9,10)46(32)24-16-12-2/h17-22,27-28H,11-16,23-26H2,1-10H3. The number of nitrogens with zero attached hydrogens (tertiary/aromatic N) is 4. The Morgan fingerprint density at radius 1 is 0.740 bits per heavy atom. The Balaban J connectivity index is 1.69. The Morgan fingerprint density at radius 3 is 1.64 bits per heavy atom. The first-order valence-corrected chi connectivity index (χ1v) is 19.1. The van der Waals surface area contributed by atoms with Crippen molar-refractivity contribution in [2.45, 2.75) is 136 Å². The van der Waals surface area contributed by atoms with Gasteiger partial charge >= 0.3 is 5.97 Å². The van der Waals surface area contributed by atoms with Crippen LogP contribution in [0, 0.1) is 0 Å². The van der Waals surface area contributed by atoms with Gasteiger partial charge in [-0.25, -0.2) is 9.78 Å². The fraction of sp³-hybridized carbons (Fsp3) is 0.595. The van der Waals surface area contributed by atoms with E-state index in [0.717, 1.165) is 85.4 Å². The number of ether oxygens (including phenoxy) is 3. The average Bonchev–Trinajstić information content (AvgIpc) is 3.36. The van der Waals surface area contributed by atoms with E-state index in [4.69, 9.17) is 19.2 Å². The van der Waals surface area contributed by atoms with Gasteiger partial charge in [-0.2, -0.15) is 0 Å². The van der Waals surface area contributed by atoms with Gasteiger partial charge in [0.05, 0.1) is 13.2 Å². The van der Waals surface area contributed by atoms with Crippen molar-refractivity contribution in [3.63, 3.8) is 0 Å². The van der Waals surface area contributed by atoms with Crippen molar-refractivity contribution in [2.75, 3.05) is 36.1 Å². The molecule has 50 heavy (non-hydrogen) atoms. The minimum atomic E-state index is -1.43. The van der Waals surface area contributed by atoms with Gasteiger partial charge in [0.15, 0.2) is 5.69 Å². The predicted octanol–water partition coefficient (Wildman–Crippen LogP) is 9.52. The van der Waals surface area contributed by atoms with Crippen LogP contribution in [0.5, 0.6) is 11.5 Å². The molecule has 0 amide bonds. The lowest BCUT2D eigenvalue weighted by atomic mass is 9.73. The summed E-state index contributed by atoms with van der Waals surface area (Å²) < 4.78 is 20.2. The maximum atomic E-state index is 14.0. The van der Waals surface area contributed by atoms with Crippen LogP contribution in [0.2, 0.25) is 0 Å². The van der Waals surface area contributed by atoms with E-state index < -0.39 is 11.6 Å². The highest BCUT2D eigenvalue weighted by molar-refractivity contribution is 5.94. The van der Waals surface area contributed by atoms with E-state index >= 15 is 0 Å². The number of hydrogen-bond acceptors (Lipinski definition) is 8. The van der Waals surface area contributed by atoms with Crippen LogP contribution in [0.3, 0.4) is 0 Å². The van der Waals surface area contributed by atoms with Gasteiger partial charge in [-0.15, -0.1) is 0 Å². The molecule has 0 aliphatic carbocycles. The van der Waals surface area contributed by atoms with Crippen molar-refractivity contribution in [2.24, 2.45) is 0 Å². The fourth-order valence-electron chi connectivity index (χ4n) is 9.30. The van der Waals surface area contributed by atoms with Crippen LogP contribution in [0.4, 0.5) is 11.4 Å². The van der Waals surface area contributed by atoms with E-state index in [1.165, 1.54) is 11.4 Å².